The summed E-state index contributed by atoms with van der Waals surface area (Å²) >= 11 is 11.6. The van der Waals surface area contributed by atoms with Crippen LogP contribution in [0.25, 0.3) is 10.9 Å². The Morgan fingerprint density at radius 3 is 2.48 bits per heavy atom. The lowest BCUT2D eigenvalue weighted by Gasteiger charge is -2.29. The molecule has 1 aromatic heterocycles. The third-order valence-electron chi connectivity index (χ3n) is 7.59. The van der Waals surface area contributed by atoms with Gasteiger partial charge < -0.3 is 25.0 Å². The maximum absolute atomic E-state index is 14.2. The molecule has 0 unspecified atom stereocenters. The van der Waals surface area contributed by atoms with E-state index in [4.69, 9.17) is 27.9 Å². The minimum atomic E-state index is -0.763. The van der Waals surface area contributed by atoms with Crippen molar-refractivity contribution in [2.24, 2.45) is 5.92 Å². The summed E-state index contributed by atoms with van der Waals surface area (Å²) in [5, 5.41) is 16.5. The van der Waals surface area contributed by atoms with Crippen LogP contribution in [-0.4, -0.2) is 47.4 Å². The van der Waals surface area contributed by atoms with Crippen LogP contribution in [0.2, 0.25) is 10.0 Å². The van der Waals surface area contributed by atoms with E-state index in [1.54, 1.807) is 12.3 Å². The average Bonchev–Trinajstić information content (AvgIpc) is 3.77. The van der Waals surface area contributed by atoms with E-state index in [9.17, 15) is 23.5 Å². The van der Waals surface area contributed by atoms with Gasteiger partial charge in [-0.25, -0.2) is 8.78 Å². The first-order chi connectivity index (χ1) is 19.2. The molecule has 2 aliphatic carbocycles. The van der Waals surface area contributed by atoms with Gasteiger partial charge in [0.1, 0.15) is 35.7 Å². The van der Waals surface area contributed by atoms with Gasteiger partial charge in [-0.15, -0.1) is 0 Å². The van der Waals surface area contributed by atoms with Crippen molar-refractivity contribution < 1.29 is 23.4 Å². The van der Waals surface area contributed by atoms with Gasteiger partial charge >= 0.3 is 0 Å². The number of ether oxygens (including phenoxy) is 1. The van der Waals surface area contributed by atoms with Crippen LogP contribution in [0.4, 0.5) is 8.78 Å². The number of nitrogens with one attached hydrogen (secondary N) is 2. The van der Waals surface area contributed by atoms with Crippen LogP contribution >= 0.6 is 23.2 Å². The first kappa shape index (κ1) is 28.8. The molecular weight excluding hydrogens is 563 g/mol. The highest BCUT2D eigenvalue weighted by Crippen LogP contribution is 2.37. The van der Waals surface area contributed by atoms with Crippen molar-refractivity contribution in [3.63, 3.8) is 0 Å². The minimum absolute atomic E-state index is 0.0110. The van der Waals surface area contributed by atoms with Crippen molar-refractivity contribution in [3.8, 4) is 5.75 Å². The number of aromatic nitrogens is 1. The van der Waals surface area contributed by atoms with Crippen LogP contribution in [0, 0.1) is 17.6 Å². The molecule has 214 valence electrons. The lowest BCUT2D eigenvalue weighted by molar-refractivity contribution is 0.0916. The molecule has 40 heavy (non-hydrogen) atoms. The number of amides is 1. The lowest BCUT2D eigenvalue weighted by Crippen LogP contribution is -2.41. The number of carbonyl (C=O) groups is 1. The van der Waals surface area contributed by atoms with Crippen LogP contribution in [-0.2, 0) is 0 Å². The molecule has 2 aliphatic rings. The van der Waals surface area contributed by atoms with Crippen LogP contribution < -0.4 is 20.8 Å². The van der Waals surface area contributed by atoms with E-state index < -0.39 is 29.1 Å². The highest BCUT2D eigenvalue weighted by molar-refractivity contribution is 6.31. The third kappa shape index (κ3) is 6.77. The molecule has 0 aliphatic heterocycles. The number of benzene rings is 2. The van der Waals surface area contributed by atoms with Crippen molar-refractivity contribution in [2.75, 3.05) is 19.7 Å². The van der Waals surface area contributed by atoms with E-state index in [1.807, 2.05) is 4.57 Å². The van der Waals surface area contributed by atoms with Gasteiger partial charge in [0, 0.05) is 36.3 Å². The van der Waals surface area contributed by atoms with Crippen LogP contribution in [0.3, 0.4) is 0 Å². The molecule has 11 heteroatoms. The van der Waals surface area contributed by atoms with Gasteiger partial charge in [0.2, 0.25) is 5.43 Å². The van der Waals surface area contributed by atoms with Crippen molar-refractivity contribution >= 4 is 40.0 Å². The summed E-state index contributed by atoms with van der Waals surface area (Å²) in [4.78, 5) is 26.2. The molecule has 1 atom stereocenters. The van der Waals surface area contributed by atoms with Crippen LogP contribution in [0.15, 0.2) is 41.3 Å². The molecular formula is C29H31Cl2F2N3O4. The second-order valence-corrected chi connectivity index (χ2v) is 11.5. The Labute approximate surface area is 240 Å². The van der Waals surface area contributed by atoms with Gasteiger partial charge in [0.15, 0.2) is 0 Å². The molecule has 1 amide bonds. The summed E-state index contributed by atoms with van der Waals surface area (Å²) in [6.45, 7) is 1.05. The molecule has 0 spiro atoms. The number of fused-ring (bicyclic) bond motifs is 1. The number of carbonyl (C=O) groups excluding carboxylic acids is 1. The number of pyridine rings is 1. The summed E-state index contributed by atoms with van der Waals surface area (Å²) in [6.07, 6.45) is 5.96. The van der Waals surface area contributed by atoms with Gasteiger partial charge in [0.05, 0.1) is 15.6 Å². The van der Waals surface area contributed by atoms with E-state index in [0.29, 0.717) is 30.3 Å². The van der Waals surface area contributed by atoms with Crippen LogP contribution in [0.5, 0.6) is 5.75 Å². The zero-order valence-electron chi connectivity index (χ0n) is 21.8. The van der Waals surface area contributed by atoms with E-state index in [1.165, 1.54) is 18.2 Å². The normalized spacial score (nSPS) is 19.9. The number of hydrogen-bond donors (Lipinski definition) is 3. The Morgan fingerprint density at radius 1 is 1.05 bits per heavy atom. The second kappa shape index (κ2) is 12.4. The largest absolute Gasteiger partial charge is 0.491 e. The second-order valence-electron chi connectivity index (χ2n) is 10.7. The maximum Gasteiger partial charge on any atom is 0.256 e. The first-order valence-electron chi connectivity index (χ1n) is 13.5. The van der Waals surface area contributed by atoms with Gasteiger partial charge in [0.25, 0.3) is 5.91 Å². The smallest absolute Gasteiger partial charge is 0.256 e. The van der Waals surface area contributed by atoms with E-state index in [0.717, 1.165) is 44.6 Å². The SMILES string of the molecule is O=C(N[C@H]1CC[C@H](CNC[C@H](O)COc2ccc(Cl)c(F)c2)CC1)c1cn(C2CC2)c2cc(Cl)c(F)cc2c1=O. The molecule has 3 aromatic rings. The van der Waals surface area contributed by atoms with E-state index in [-0.39, 0.29) is 39.7 Å². The summed E-state index contributed by atoms with van der Waals surface area (Å²) in [5.74, 6) is -1.02. The van der Waals surface area contributed by atoms with Gasteiger partial charge in [-0.05, 0) is 75.3 Å². The highest BCUT2D eigenvalue weighted by atomic mass is 35.5. The Morgan fingerprint density at radius 2 is 1.77 bits per heavy atom. The number of rotatable bonds is 10. The first-order valence-corrected chi connectivity index (χ1v) is 14.3. The summed E-state index contributed by atoms with van der Waals surface area (Å²) in [6, 6.07) is 6.81. The Hall–Kier alpha value is -2.72. The molecule has 2 fully saturated rings. The van der Waals surface area contributed by atoms with Crippen molar-refractivity contribution in [2.45, 2.75) is 56.7 Å². The quantitative estimate of drug-likeness (QED) is 0.299. The Balaban J connectivity index is 1.09. The van der Waals surface area contributed by atoms with Crippen molar-refractivity contribution in [1.29, 1.82) is 0 Å². The molecule has 0 radical (unpaired) electrons. The molecule has 0 bridgehead atoms. The molecule has 3 N–H and O–H groups in total. The maximum atomic E-state index is 14.2. The highest BCUT2D eigenvalue weighted by Gasteiger charge is 2.29. The monoisotopic (exact) mass is 593 g/mol. The van der Waals surface area contributed by atoms with Gasteiger partial charge in [-0.2, -0.15) is 0 Å². The topological polar surface area (TPSA) is 92.6 Å². The standard InChI is InChI=1S/C29H31Cl2F2N3O4/c30-23-8-7-20(9-25(23)32)40-15-19(37)13-34-12-16-1-3-17(4-2-16)35-29(39)22-14-36(18-5-6-18)27-11-24(31)26(33)10-21(27)28(22)38/h7-11,14,16-19,34,37H,1-6,12-13,15H2,(H,35,39)/t16-,17-,19-/m0/s1. The molecule has 2 saturated carbocycles. The number of nitrogens with zero attached hydrogens (tertiary/aromatic N) is 1. The number of aliphatic hydroxyl groups is 1. The summed E-state index contributed by atoms with van der Waals surface area (Å²) < 4.78 is 35.0. The average molecular weight is 594 g/mol. The predicted molar refractivity (Wildman–Crippen MR) is 150 cm³/mol. The molecule has 1 heterocycles. The summed E-state index contributed by atoms with van der Waals surface area (Å²) in [5.41, 5.74) is 0.0584. The predicted octanol–water partition coefficient (Wildman–Crippen LogP) is 5.24. The van der Waals surface area contributed by atoms with Gasteiger partial charge in [-0.1, -0.05) is 23.2 Å². The zero-order valence-corrected chi connectivity index (χ0v) is 23.3. The van der Waals surface area contributed by atoms with Crippen LogP contribution in [0.1, 0.15) is 54.9 Å². The Bertz CT molecular complexity index is 1460. The zero-order chi connectivity index (χ0) is 28.4. The van der Waals surface area contributed by atoms with E-state index >= 15 is 0 Å². The van der Waals surface area contributed by atoms with Crippen molar-refractivity contribution in [3.05, 3.63) is 74.0 Å². The fourth-order valence-corrected chi connectivity index (χ4v) is 5.48. The number of halogens is 4. The fourth-order valence-electron chi connectivity index (χ4n) is 5.21. The molecule has 0 saturated heterocycles. The fraction of sp³-hybridized carbons (Fsp3) is 0.448. The van der Waals surface area contributed by atoms with Gasteiger partial charge in [-0.3, -0.25) is 9.59 Å². The Kier molecular flexibility index (Phi) is 8.95. The molecule has 5 rings (SSSR count). The molecule has 7 nitrogen and oxygen atoms in total. The minimum Gasteiger partial charge on any atom is -0.491 e. The summed E-state index contributed by atoms with van der Waals surface area (Å²) in [7, 11) is 0. The molecule has 2 aromatic carbocycles. The number of aliphatic hydroxyl groups excluding tert-OH is 1. The van der Waals surface area contributed by atoms with Crippen molar-refractivity contribution in [1.82, 2.24) is 15.2 Å². The van der Waals surface area contributed by atoms with E-state index in [2.05, 4.69) is 10.6 Å². The number of hydrogen-bond acceptors (Lipinski definition) is 5. The lowest BCUT2D eigenvalue weighted by atomic mass is 9.86. The third-order valence-corrected chi connectivity index (χ3v) is 8.18.